The number of ketones is 1. The fraction of sp³-hybridized carbons (Fsp3) is 0.154. The Kier molecular flexibility index (Phi) is 11.8. The van der Waals surface area contributed by atoms with Crippen LogP contribution in [0.1, 0.15) is 43.2 Å². The summed E-state index contributed by atoms with van der Waals surface area (Å²) >= 11 is 12.1. The van der Waals surface area contributed by atoms with Crippen molar-refractivity contribution < 1.29 is 30.4 Å². The van der Waals surface area contributed by atoms with Crippen LogP contribution < -0.4 is 14.8 Å². The van der Waals surface area contributed by atoms with Gasteiger partial charge in [0.05, 0.1) is 22.1 Å². The normalized spacial score (nSPS) is 10.5. The van der Waals surface area contributed by atoms with Gasteiger partial charge in [-0.3, -0.25) is 14.4 Å². The number of nitrogens with one attached hydrogen (secondary N) is 2. The molecule has 0 fully saturated rings. The predicted octanol–water partition coefficient (Wildman–Crippen LogP) is 4.48. The number of hydrogen-bond donors (Lipinski definition) is 2. The molecule has 9 nitrogen and oxygen atoms in total. The van der Waals surface area contributed by atoms with Crippen LogP contribution in [-0.2, 0) is 19.6 Å². The Bertz CT molecular complexity index is 1600. The molecule has 0 heterocycles. The molecule has 3 aromatic rings. The van der Waals surface area contributed by atoms with Crippen LogP contribution >= 0.6 is 23.2 Å². The zero-order valence-electron chi connectivity index (χ0n) is 22.9. The van der Waals surface area contributed by atoms with Crippen molar-refractivity contribution in [2.75, 3.05) is 11.9 Å². The number of sulfonamides is 1. The number of nitrogens with zero attached hydrogens (tertiary/aromatic N) is 1. The van der Waals surface area contributed by atoms with Crippen LogP contribution in [0.5, 0.6) is 5.75 Å². The second-order valence-corrected chi connectivity index (χ2v) is 10.6. The fourth-order valence-corrected chi connectivity index (χ4v) is 4.85. The van der Waals surface area contributed by atoms with Crippen LogP contribution in [0.25, 0.3) is 0 Å². The molecule has 3 aromatic carbocycles. The number of amides is 2. The Hall–Kier alpha value is -2.65. The van der Waals surface area contributed by atoms with Crippen molar-refractivity contribution >= 4 is 94.2 Å². The minimum Gasteiger partial charge on any atom is -1.00 e. The zero-order chi connectivity index (χ0) is 28.0. The Morgan fingerprint density at radius 2 is 1.72 bits per heavy atom. The van der Waals surface area contributed by atoms with E-state index in [0.717, 1.165) is 0 Å². The molecule has 0 aliphatic heterocycles. The molecule has 0 atom stereocenters. The first kappa shape index (κ1) is 32.6. The predicted molar refractivity (Wildman–Crippen MR) is 150 cm³/mol. The zero-order valence-corrected chi connectivity index (χ0v) is 25.4. The monoisotopic (exact) mass is 615 g/mol. The topological polar surface area (TPSA) is 142 Å². The van der Waals surface area contributed by atoms with E-state index in [1.165, 1.54) is 61.5 Å². The minimum atomic E-state index is -4.04. The first-order chi connectivity index (χ1) is 17.9. The molecule has 2 N–H and O–H groups in total. The minimum absolute atomic E-state index is 0. The number of hydrogen-bond acceptors (Lipinski definition) is 7. The number of nitriles is 1. The SMILES string of the molecule is CCC(=O)NS(=O)(=O)c1ccc(NC(=O)COc2ccc(Cl)cc2C(=O)c2cc(Cl)cc(C#N)c2)c(C)c1.[Ca+2].[H-].[H-]. The van der Waals surface area contributed by atoms with Crippen LogP contribution in [0.3, 0.4) is 0 Å². The van der Waals surface area contributed by atoms with Crippen LogP contribution in [0.15, 0.2) is 59.5 Å². The van der Waals surface area contributed by atoms with Gasteiger partial charge in [-0.05, 0) is 67.1 Å². The molecular weight excluding hydrogens is 593 g/mol. The summed E-state index contributed by atoms with van der Waals surface area (Å²) in [6, 6.07) is 14.4. The van der Waals surface area contributed by atoms with E-state index in [-0.39, 0.29) is 84.4 Å². The van der Waals surface area contributed by atoms with E-state index in [9.17, 15) is 22.8 Å². The van der Waals surface area contributed by atoms with Gasteiger partial charge >= 0.3 is 37.7 Å². The molecule has 13 heteroatoms. The number of ether oxygens (including phenoxy) is 1. The molecule has 0 aromatic heterocycles. The number of rotatable bonds is 9. The third kappa shape index (κ3) is 8.67. The van der Waals surface area contributed by atoms with Crippen molar-refractivity contribution in [1.29, 1.82) is 5.26 Å². The number of benzene rings is 3. The van der Waals surface area contributed by atoms with Gasteiger partial charge in [0, 0.05) is 27.7 Å². The Balaban J connectivity index is 0.00000533. The van der Waals surface area contributed by atoms with Gasteiger partial charge in [-0.1, -0.05) is 30.1 Å². The van der Waals surface area contributed by atoms with E-state index < -0.39 is 34.2 Å². The summed E-state index contributed by atoms with van der Waals surface area (Å²) in [5, 5.41) is 12.2. The van der Waals surface area contributed by atoms with Crippen molar-refractivity contribution in [3.8, 4) is 11.8 Å². The van der Waals surface area contributed by atoms with Crippen molar-refractivity contribution in [2.45, 2.75) is 25.2 Å². The number of carbonyl (C=O) groups excluding carboxylic acids is 3. The number of anilines is 1. The summed E-state index contributed by atoms with van der Waals surface area (Å²) in [5.74, 6) is -1.65. The summed E-state index contributed by atoms with van der Waals surface area (Å²) in [6.07, 6.45) is 0.00723. The molecule has 0 spiro atoms. The maximum atomic E-state index is 13.1. The Morgan fingerprint density at radius 3 is 2.36 bits per heavy atom. The Morgan fingerprint density at radius 1 is 1.00 bits per heavy atom. The molecule has 3 rings (SSSR count). The largest absolute Gasteiger partial charge is 2.00 e. The molecule has 39 heavy (non-hydrogen) atoms. The van der Waals surface area contributed by atoms with Gasteiger partial charge < -0.3 is 12.9 Å². The molecule has 0 bridgehead atoms. The van der Waals surface area contributed by atoms with Gasteiger partial charge in [-0.15, -0.1) is 0 Å². The fourth-order valence-electron chi connectivity index (χ4n) is 3.30. The summed E-state index contributed by atoms with van der Waals surface area (Å²) < 4.78 is 32.2. The molecule has 0 saturated carbocycles. The molecule has 0 radical (unpaired) electrons. The summed E-state index contributed by atoms with van der Waals surface area (Å²) in [5.41, 5.74) is 1.17. The van der Waals surface area contributed by atoms with E-state index in [2.05, 4.69) is 5.32 Å². The third-order valence-electron chi connectivity index (χ3n) is 5.19. The van der Waals surface area contributed by atoms with Crippen molar-refractivity contribution in [3.63, 3.8) is 0 Å². The number of halogens is 2. The van der Waals surface area contributed by atoms with Crippen LogP contribution in [0.2, 0.25) is 10.0 Å². The molecule has 2 amide bonds. The van der Waals surface area contributed by atoms with Crippen LogP contribution in [0, 0.1) is 18.3 Å². The molecule has 0 unspecified atom stereocenters. The number of carbonyl (C=O) groups is 3. The van der Waals surface area contributed by atoms with Gasteiger partial charge in [0.2, 0.25) is 5.91 Å². The molecular formula is C26H23CaCl2N3O6S. The molecule has 0 aliphatic rings. The number of aryl methyl sites for hydroxylation is 1. The van der Waals surface area contributed by atoms with Gasteiger partial charge in [-0.25, -0.2) is 13.1 Å². The second-order valence-electron chi connectivity index (χ2n) is 8.01. The van der Waals surface area contributed by atoms with Crippen LogP contribution in [0.4, 0.5) is 5.69 Å². The van der Waals surface area contributed by atoms with E-state index in [1.54, 1.807) is 6.92 Å². The van der Waals surface area contributed by atoms with Crippen LogP contribution in [-0.4, -0.2) is 70.4 Å². The molecule has 0 aliphatic carbocycles. The summed E-state index contributed by atoms with van der Waals surface area (Å²) in [6.45, 7) is 2.64. The standard InChI is InChI=1S/C26H21Cl2N3O6S.Ca.2H/c1-3-24(32)31-38(35,36)20-5-6-22(15(2)8-20)30-25(33)14-37-23-7-4-18(27)12-21(23)26(34)17-9-16(13-29)10-19(28)11-17;;;/h4-12H,3,14H2,1-2H3,(H,30,33)(H,31,32);;;/q;+2;2*-1. The van der Waals surface area contributed by atoms with Gasteiger partial charge in [0.15, 0.2) is 12.4 Å². The smallest absolute Gasteiger partial charge is 1.00 e. The van der Waals surface area contributed by atoms with E-state index in [4.69, 9.17) is 33.2 Å². The average molecular weight is 617 g/mol. The van der Waals surface area contributed by atoms with Gasteiger partial charge in [-0.2, -0.15) is 5.26 Å². The van der Waals surface area contributed by atoms with Gasteiger partial charge in [0.25, 0.3) is 15.9 Å². The first-order valence-electron chi connectivity index (χ1n) is 11.1. The first-order valence-corrected chi connectivity index (χ1v) is 13.3. The summed E-state index contributed by atoms with van der Waals surface area (Å²) in [7, 11) is -4.04. The second kappa shape index (κ2) is 14.1. The average Bonchev–Trinajstić information content (AvgIpc) is 2.87. The van der Waals surface area contributed by atoms with E-state index in [0.29, 0.717) is 11.3 Å². The van der Waals surface area contributed by atoms with Gasteiger partial charge in [0.1, 0.15) is 5.75 Å². The summed E-state index contributed by atoms with van der Waals surface area (Å²) in [4.78, 5) is 37.1. The van der Waals surface area contributed by atoms with E-state index >= 15 is 0 Å². The van der Waals surface area contributed by atoms with E-state index in [1.807, 2.05) is 10.8 Å². The van der Waals surface area contributed by atoms with Crippen molar-refractivity contribution in [3.05, 3.63) is 86.9 Å². The maximum absolute atomic E-state index is 13.1. The quantitative estimate of drug-likeness (QED) is 0.267. The van der Waals surface area contributed by atoms with Crippen molar-refractivity contribution in [2.24, 2.45) is 0 Å². The van der Waals surface area contributed by atoms with Crippen molar-refractivity contribution in [1.82, 2.24) is 4.72 Å². The third-order valence-corrected chi connectivity index (χ3v) is 7.01. The molecule has 0 saturated heterocycles. The maximum Gasteiger partial charge on any atom is 2.00 e. The Labute approximate surface area is 268 Å². The molecule has 200 valence electrons.